The zero-order chi connectivity index (χ0) is 7.40. The van der Waals surface area contributed by atoms with Crippen molar-refractivity contribution >= 4 is 6.47 Å². The van der Waals surface area contributed by atoms with Gasteiger partial charge in [0.05, 0.1) is 6.61 Å². The topological polar surface area (TPSA) is 52.3 Å². The van der Waals surface area contributed by atoms with E-state index < -0.39 is 0 Å². The third-order valence-corrected chi connectivity index (χ3v) is 2.07. The van der Waals surface area contributed by atoms with Crippen LogP contribution in [0.25, 0.3) is 0 Å². The lowest BCUT2D eigenvalue weighted by Gasteiger charge is -2.33. The lowest BCUT2D eigenvalue weighted by atomic mass is 9.75. The van der Waals surface area contributed by atoms with Gasteiger partial charge in [0.15, 0.2) is 0 Å². The van der Waals surface area contributed by atoms with Gasteiger partial charge in [-0.1, -0.05) is 0 Å². The van der Waals surface area contributed by atoms with Gasteiger partial charge in [0.2, 0.25) is 0 Å². The molecule has 3 nitrogen and oxygen atoms in total. The normalized spacial score (nSPS) is 30.9. The number of hydrogen-bond acceptors (Lipinski definition) is 3. The van der Waals surface area contributed by atoms with Crippen LogP contribution in [0.5, 0.6) is 0 Å². The molecule has 1 rings (SSSR count). The first-order valence-electron chi connectivity index (χ1n) is 3.62. The third kappa shape index (κ3) is 1.70. The fourth-order valence-corrected chi connectivity index (χ4v) is 1.38. The summed E-state index contributed by atoms with van der Waals surface area (Å²) in [5.74, 6) is 1.26. The van der Waals surface area contributed by atoms with Crippen LogP contribution in [0.2, 0.25) is 0 Å². The van der Waals surface area contributed by atoms with Crippen molar-refractivity contribution in [3.8, 4) is 0 Å². The molecule has 0 bridgehead atoms. The Morgan fingerprint density at radius 3 is 2.70 bits per heavy atom. The van der Waals surface area contributed by atoms with Crippen LogP contribution < -0.4 is 5.73 Å². The van der Waals surface area contributed by atoms with Gasteiger partial charge < -0.3 is 10.5 Å². The van der Waals surface area contributed by atoms with E-state index in [4.69, 9.17) is 5.73 Å². The second kappa shape index (κ2) is 3.56. The van der Waals surface area contributed by atoms with E-state index >= 15 is 0 Å². The van der Waals surface area contributed by atoms with Gasteiger partial charge in [-0.05, 0) is 31.2 Å². The van der Waals surface area contributed by atoms with Gasteiger partial charge >= 0.3 is 0 Å². The average Bonchev–Trinajstić information content (AvgIpc) is 1.86. The van der Waals surface area contributed by atoms with E-state index in [1.54, 1.807) is 0 Å². The van der Waals surface area contributed by atoms with E-state index in [0.29, 0.717) is 24.9 Å². The van der Waals surface area contributed by atoms with Crippen molar-refractivity contribution in [1.29, 1.82) is 0 Å². The van der Waals surface area contributed by atoms with E-state index in [2.05, 4.69) is 4.74 Å². The fraction of sp³-hybridized carbons (Fsp3) is 0.857. The van der Waals surface area contributed by atoms with Crippen LogP contribution in [0.15, 0.2) is 0 Å². The second-order valence-corrected chi connectivity index (χ2v) is 2.87. The van der Waals surface area contributed by atoms with E-state index in [0.717, 1.165) is 19.4 Å². The molecule has 0 saturated heterocycles. The molecule has 1 saturated carbocycles. The summed E-state index contributed by atoms with van der Waals surface area (Å²) in [7, 11) is 0. The minimum Gasteiger partial charge on any atom is -0.468 e. The largest absolute Gasteiger partial charge is 0.468 e. The van der Waals surface area contributed by atoms with E-state index in [9.17, 15) is 4.79 Å². The Labute approximate surface area is 60.5 Å². The number of ether oxygens (including phenoxy) is 1. The first kappa shape index (κ1) is 7.54. The summed E-state index contributed by atoms with van der Waals surface area (Å²) in [6.07, 6.45) is 2.26. The second-order valence-electron chi connectivity index (χ2n) is 2.87. The van der Waals surface area contributed by atoms with Crippen molar-refractivity contribution in [3.63, 3.8) is 0 Å². The fourth-order valence-electron chi connectivity index (χ4n) is 1.38. The lowest BCUT2D eigenvalue weighted by molar-refractivity contribution is -0.131. The zero-order valence-corrected chi connectivity index (χ0v) is 5.95. The molecule has 0 radical (unpaired) electrons. The number of rotatable bonds is 4. The molecule has 0 atom stereocenters. The van der Waals surface area contributed by atoms with Crippen LogP contribution >= 0.6 is 0 Å². The Morgan fingerprint density at radius 2 is 2.20 bits per heavy atom. The molecule has 2 N–H and O–H groups in total. The van der Waals surface area contributed by atoms with Crippen LogP contribution in [0.1, 0.15) is 12.8 Å². The van der Waals surface area contributed by atoms with E-state index in [1.165, 1.54) is 0 Å². The highest BCUT2D eigenvalue weighted by atomic mass is 16.5. The lowest BCUT2D eigenvalue weighted by Crippen LogP contribution is -2.32. The monoisotopic (exact) mass is 143 g/mol. The summed E-state index contributed by atoms with van der Waals surface area (Å²) in [6, 6.07) is 0. The molecule has 0 aromatic rings. The van der Waals surface area contributed by atoms with E-state index in [1.807, 2.05) is 0 Å². The Bertz CT molecular complexity index is 110. The molecule has 3 heteroatoms. The maximum atomic E-state index is 9.75. The van der Waals surface area contributed by atoms with Crippen LogP contribution in [0, 0.1) is 11.8 Å². The van der Waals surface area contributed by atoms with Gasteiger partial charge in [0.1, 0.15) is 0 Å². The first-order valence-corrected chi connectivity index (χ1v) is 3.62. The quantitative estimate of drug-likeness (QED) is 0.570. The Kier molecular flexibility index (Phi) is 2.68. The molecule has 1 aliphatic carbocycles. The van der Waals surface area contributed by atoms with Gasteiger partial charge in [-0.3, -0.25) is 4.79 Å². The van der Waals surface area contributed by atoms with Gasteiger partial charge in [-0.15, -0.1) is 0 Å². The maximum absolute atomic E-state index is 9.75. The van der Waals surface area contributed by atoms with Gasteiger partial charge in [-0.2, -0.15) is 0 Å². The van der Waals surface area contributed by atoms with Crippen molar-refractivity contribution in [2.45, 2.75) is 12.8 Å². The molecule has 1 aliphatic rings. The highest BCUT2D eigenvalue weighted by Gasteiger charge is 2.27. The molecule has 0 aromatic carbocycles. The number of carbonyl (C=O) groups is 1. The number of hydrogen-bond donors (Lipinski definition) is 1. The van der Waals surface area contributed by atoms with Crippen molar-refractivity contribution in [3.05, 3.63) is 0 Å². The minimum atomic E-state index is 0.510. The van der Waals surface area contributed by atoms with Gasteiger partial charge in [-0.25, -0.2) is 0 Å². The maximum Gasteiger partial charge on any atom is 0.293 e. The molecule has 1 fully saturated rings. The standard InChI is InChI=1S/C7H13NO2/c8-3-6-1-7(2-6)4-10-5-9/h5-7H,1-4,8H2. The summed E-state index contributed by atoms with van der Waals surface area (Å²) in [5, 5.41) is 0. The van der Waals surface area contributed by atoms with Crippen molar-refractivity contribution < 1.29 is 9.53 Å². The first-order chi connectivity index (χ1) is 4.86. The summed E-state index contributed by atoms with van der Waals surface area (Å²) >= 11 is 0. The molecule has 0 unspecified atom stereocenters. The van der Waals surface area contributed by atoms with Crippen LogP contribution in [0.4, 0.5) is 0 Å². The molecule has 0 heterocycles. The molecule has 10 heavy (non-hydrogen) atoms. The summed E-state index contributed by atoms with van der Waals surface area (Å²) in [4.78, 5) is 9.75. The SMILES string of the molecule is NCC1CC(COC=O)C1. The number of nitrogens with two attached hydrogens (primary N) is 1. The Balaban J connectivity index is 1.97. The predicted molar refractivity (Wildman–Crippen MR) is 37.3 cm³/mol. The summed E-state index contributed by atoms with van der Waals surface area (Å²) < 4.78 is 4.61. The Morgan fingerprint density at radius 1 is 1.50 bits per heavy atom. The predicted octanol–water partition coefficient (Wildman–Crippen LogP) is 0.144. The molecular formula is C7H13NO2. The average molecular weight is 143 g/mol. The van der Waals surface area contributed by atoms with Crippen molar-refractivity contribution in [1.82, 2.24) is 0 Å². The molecular weight excluding hydrogens is 130 g/mol. The molecule has 58 valence electrons. The van der Waals surface area contributed by atoms with Crippen molar-refractivity contribution in [2.75, 3.05) is 13.2 Å². The summed E-state index contributed by atoms with van der Waals surface area (Å²) in [6.45, 7) is 1.87. The van der Waals surface area contributed by atoms with Crippen LogP contribution in [0.3, 0.4) is 0 Å². The summed E-state index contributed by atoms with van der Waals surface area (Å²) in [5.41, 5.74) is 5.41. The van der Waals surface area contributed by atoms with Crippen LogP contribution in [-0.4, -0.2) is 19.6 Å². The zero-order valence-electron chi connectivity index (χ0n) is 5.95. The molecule has 0 aliphatic heterocycles. The van der Waals surface area contributed by atoms with Gasteiger partial charge in [0.25, 0.3) is 6.47 Å². The van der Waals surface area contributed by atoms with Crippen molar-refractivity contribution in [2.24, 2.45) is 17.6 Å². The third-order valence-electron chi connectivity index (χ3n) is 2.07. The van der Waals surface area contributed by atoms with Gasteiger partial charge in [0, 0.05) is 0 Å². The van der Waals surface area contributed by atoms with Crippen LogP contribution in [-0.2, 0) is 9.53 Å². The molecule has 0 aromatic heterocycles. The molecule has 0 spiro atoms. The Hall–Kier alpha value is -0.570. The molecule has 0 amide bonds. The smallest absolute Gasteiger partial charge is 0.293 e. The minimum absolute atomic E-state index is 0.510. The van der Waals surface area contributed by atoms with E-state index in [-0.39, 0.29) is 0 Å². The number of carbonyl (C=O) groups excluding carboxylic acids is 1. The highest BCUT2D eigenvalue weighted by Crippen LogP contribution is 2.32. The highest BCUT2D eigenvalue weighted by molar-refractivity contribution is 5.36.